The molecular weight excluding hydrogens is 280 g/mol. The van der Waals surface area contributed by atoms with Crippen molar-refractivity contribution in [3.63, 3.8) is 0 Å². The van der Waals surface area contributed by atoms with Gasteiger partial charge in [0, 0.05) is 31.3 Å². The standard InChI is InChI=1S/C16H16N4O2/c21-15-14-5-10-3-1-2-4-11(10)8-20(14)16(22)13(19-15)6-12-7-17-9-18-12/h1-4,7,9,13-14H,5-6,8H2,(H,17,18)(H,19,21)/t13-,14+/m0/s1. The quantitative estimate of drug-likeness (QED) is 0.842. The molecule has 0 saturated carbocycles. The molecule has 2 aromatic rings. The first-order valence-electron chi connectivity index (χ1n) is 7.37. The third-order valence-electron chi connectivity index (χ3n) is 4.43. The molecule has 0 aliphatic carbocycles. The SMILES string of the molecule is O=C1N[C@@H](Cc2cnc[nH]2)C(=O)N2Cc3ccccc3C[C@H]12. The number of benzene rings is 1. The van der Waals surface area contributed by atoms with Gasteiger partial charge in [-0.3, -0.25) is 9.59 Å². The zero-order chi connectivity index (χ0) is 15.1. The van der Waals surface area contributed by atoms with Crippen molar-refractivity contribution in [2.24, 2.45) is 0 Å². The Labute approximate surface area is 127 Å². The Kier molecular flexibility index (Phi) is 2.96. The number of aromatic amines is 1. The van der Waals surface area contributed by atoms with Crippen LogP contribution in [0.5, 0.6) is 0 Å². The summed E-state index contributed by atoms with van der Waals surface area (Å²) in [6.45, 7) is 0.507. The average Bonchev–Trinajstić information content (AvgIpc) is 3.04. The van der Waals surface area contributed by atoms with E-state index in [1.165, 1.54) is 0 Å². The summed E-state index contributed by atoms with van der Waals surface area (Å²) in [4.78, 5) is 33.7. The summed E-state index contributed by atoms with van der Waals surface area (Å²) in [6, 6.07) is 7.08. The van der Waals surface area contributed by atoms with Crippen LogP contribution >= 0.6 is 0 Å². The Bertz CT molecular complexity index is 726. The van der Waals surface area contributed by atoms with Crippen molar-refractivity contribution in [1.82, 2.24) is 20.2 Å². The first-order valence-corrected chi connectivity index (χ1v) is 7.37. The molecule has 0 radical (unpaired) electrons. The van der Waals surface area contributed by atoms with E-state index >= 15 is 0 Å². The second-order valence-corrected chi connectivity index (χ2v) is 5.80. The van der Waals surface area contributed by atoms with Gasteiger partial charge in [-0.05, 0) is 11.1 Å². The zero-order valence-electron chi connectivity index (χ0n) is 12.0. The van der Waals surface area contributed by atoms with Gasteiger partial charge in [-0.2, -0.15) is 0 Å². The van der Waals surface area contributed by atoms with E-state index in [1.807, 2.05) is 24.3 Å². The van der Waals surface area contributed by atoms with Gasteiger partial charge in [0.15, 0.2) is 0 Å². The lowest BCUT2D eigenvalue weighted by atomic mass is 9.90. The van der Waals surface area contributed by atoms with Gasteiger partial charge in [0.2, 0.25) is 11.8 Å². The van der Waals surface area contributed by atoms with Crippen LogP contribution in [-0.2, 0) is 29.0 Å². The van der Waals surface area contributed by atoms with Crippen LogP contribution in [0.1, 0.15) is 16.8 Å². The third kappa shape index (κ3) is 2.07. The number of amides is 2. The van der Waals surface area contributed by atoms with E-state index in [1.54, 1.807) is 17.4 Å². The average molecular weight is 296 g/mol. The molecule has 3 heterocycles. The second kappa shape index (κ2) is 4.98. The maximum absolute atomic E-state index is 12.7. The molecule has 4 rings (SSSR count). The van der Waals surface area contributed by atoms with Gasteiger partial charge in [-0.15, -0.1) is 0 Å². The lowest BCUT2D eigenvalue weighted by Gasteiger charge is -2.42. The molecule has 1 aromatic heterocycles. The maximum atomic E-state index is 12.7. The predicted molar refractivity (Wildman–Crippen MR) is 78.7 cm³/mol. The Morgan fingerprint density at radius 3 is 2.82 bits per heavy atom. The molecule has 6 nitrogen and oxygen atoms in total. The van der Waals surface area contributed by atoms with Crippen LogP contribution in [-0.4, -0.2) is 38.8 Å². The Morgan fingerprint density at radius 2 is 2.05 bits per heavy atom. The van der Waals surface area contributed by atoms with Crippen LogP contribution in [0.3, 0.4) is 0 Å². The molecule has 1 saturated heterocycles. The number of nitrogens with zero attached hydrogens (tertiary/aromatic N) is 2. The maximum Gasteiger partial charge on any atom is 0.246 e. The predicted octanol–water partition coefficient (Wildman–Crippen LogP) is 0.404. The smallest absolute Gasteiger partial charge is 0.246 e. The van der Waals surface area contributed by atoms with Gasteiger partial charge < -0.3 is 15.2 Å². The van der Waals surface area contributed by atoms with Gasteiger partial charge in [-0.1, -0.05) is 24.3 Å². The molecule has 1 fully saturated rings. The monoisotopic (exact) mass is 296 g/mol. The van der Waals surface area contributed by atoms with Crippen molar-refractivity contribution < 1.29 is 9.59 Å². The van der Waals surface area contributed by atoms with Crippen LogP contribution in [0.25, 0.3) is 0 Å². The summed E-state index contributed by atoms with van der Waals surface area (Å²) in [5.74, 6) is -0.0904. The van der Waals surface area contributed by atoms with Crippen LogP contribution < -0.4 is 5.32 Å². The summed E-state index contributed by atoms with van der Waals surface area (Å²) in [7, 11) is 0. The van der Waals surface area contributed by atoms with Gasteiger partial charge in [0.25, 0.3) is 0 Å². The van der Waals surface area contributed by atoms with Crippen molar-refractivity contribution in [1.29, 1.82) is 0 Å². The highest BCUT2D eigenvalue weighted by molar-refractivity contribution is 5.97. The lowest BCUT2D eigenvalue weighted by Crippen LogP contribution is -2.65. The molecule has 2 aliphatic rings. The minimum atomic E-state index is -0.519. The minimum absolute atomic E-state index is 0.0197. The molecule has 6 heteroatoms. The summed E-state index contributed by atoms with van der Waals surface area (Å²) < 4.78 is 0. The normalized spacial score (nSPS) is 23.7. The molecule has 2 amide bonds. The highest BCUT2D eigenvalue weighted by Gasteiger charge is 2.42. The van der Waals surface area contributed by atoms with Gasteiger partial charge in [0.1, 0.15) is 12.1 Å². The van der Waals surface area contributed by atoms with Crippen molar-refractivity contribution in [2.45, 2.75) is 31.5 Å². The van der Waals surface area contributed by atoms with Gasteiger partial charge in [0.05, 0.1) is 6.33 Å². The third-order valence-corrected chi connectivity index (χ3v) is 4.43. The largest absolute Gasteiger partial charge is 0.348 e. The number of carbonyl (C=O) groups excluding carboxylic acids is 2. The van der Waals surface area contributed by atoms with E-state index in [2.05, 4.69) is 15.3 Å². The number of hydrogen-bond acceptors (Lipinski definition) is 3. The van der Waals surface area contributed by atoms with Crippen molar-refractivity contribution in [2.75, 3.05) is 0 Å². The van der Waals surface area contributed by atoms with Gasteiger partial charge >= 0.3 is 0 Å². The highest BCUT2D eigenvalue weighted by atomic mass is 16.2. The number of hydrogen-bond donors (Lipinski definition) is 2. The number of piperazine rings is 1. The number of fused-ring (bicyclic) bond motifs is 2. The molecule has 22 heavy (non-hydrogen) atoms. The molecule has 0 bridgehead atoms. The number of aromatic nitrogens is 2. The second-order valence-electron chi connectivity index (χ2n) is 5.80. The number of imidazole rings is 1. The van der Waals surface area contributed by atoms with E-state index in [0.29, 0.717) is 19.4 Å². The summed E-state index contributed by atoms with van der Waals surface area (Å²) in [6.07, 6.45) is 4.28. The first-order chi connectivity index (χ1) is 10.7. The fourth-order valence-electron chi connectivity index (χ4n) is 3.27. The van der Waals surface area contributed by atoms with E-state index in [0.717, 1.165) is 16.8 Å². The Balaban J connectivity index is 1.61. The zero-order valence-corrected chi connectivity index (χ0v) is 12.0. The number of nitrogens with one attached hydrogen (secondary N) is 2. The number of rotatable bonds is 2. The molecule has 112 valence electrons. The fourth-order valence-corrected chi connectivity index (χ4v) is 3.27. The first kappa shape index (κ1) is 13.1. The molecule has 2 aliphatic heterocycles. The molecular formula is C16H16N4O2. The van der Waals surface area contributed by atoms with Crippen LogP contribution in [0.15, 0.2) is 36.8 Å². The summed E-state index contributed by atoms with van der Waals surface area (Å²) >= 11 is 0. The van der Waals surface area contributed by atoms with E-state index in [-0.39, 0.29) is 17.9 Å². The molecule has 0 spiro atoms. The van der Waals surface area contributed by atoms with Crippen molar-refractivity contribution >= 4 is 11.8 Å². The molecule has 2 N–H and O–H groups in total. The molecule has 2 atom stereocenters. The topological polar surface area (TPSA) is 78.1 Å². The number of carbonyl (C=O) groups is 2. The minimum Gasteiger partial charge on any atom is -0.348 e. The van der Waals surface area contributed by atoms with Gasteiger partial charge in [-0.25, -0.2) is 4.98 Å². The summed E-state index contributed by atoms with van der Waals surface area (Å²) in [5.41, 5.74) is 3.12. The van der Waals surface area contributed by atoms with E-state index in [9.17, 15) is 9.59 Å². The van der Waals surface area contributed by atoms with Crippen LogP contribution in [0.4, 0.5) is 0 Å². The Morgan fingerprint density at radius 1 is 1.23 bits per heavy atom. The van der Waals surface area contributed by atoms with E-state index < -0.39 is 6.04 Å². The fraction of sp³-hybridized carbons (Fsp3) is 0.312. The highest BCUT2D eigenvalue weighted by Crippen LogP contribution is 2.26. The van der Waals surface area contributed by atoms with Crippen molar-refractivity contribution in [3.05, 3.63) is 53.6 Å². The summed E-state index contributed by atoms with van der Waals surface area (Å²) in [5, 5.41) is 2.86. The molecule has 1 aromatic carbocycles. The van der Waals surface area contributed by atoms with E-state index in [4.69, 9.17) is 0 Å². The van der Waals surface area contributed by atoms with Crippen LogP contribution in [0, 0.1) is 0 Å². The van der Waals surface area contributed by atoms with Crippen molar-refractivity contribution in [3.8, 4) is 0 Å². The van der Waals surface area contributed by atoms with Crippen LogP contribution in [0.2, 0.25) is 0 Å². The number of H-pyrrole nitrogens is 1. The molecule has 0 unspecified atom stereocenters. The lowest BCUT2D eigenvalue weighted by molar-refractivity contribution is -0.150. The Hall–Kier alpha value is -2.63.